The molecule has 1 N–H and O–H groups in total. The van der Waals surface area contributed by atoms with Crippen LogP contribution in [0.4, 0.5) is 0 Å². The molecule has 7 nitrogen and oxygen atoms in total. The van der Waals surface area contributed by atoms with Crippen molar-refractivity contribution in [3.05, 3.63) is 11.3 Å². The van der Waals surface area contributed by atoms with Crippen LogP contribution in [0, 0.1) is 6.92 Å². The average Bonchev–Trinajstić information content (AvgIpc) is 2.63. The predicted molar refractivity (Wildman–Crippen MR) is 67.9 cm³/mol. The lowest BCUT2D eigenvalue weighted by atomic mass is 10.1. The third kappa shape index (κ3) is 2.86. The molecular weight excluding hydrogens is 250 g/mol. The first-order chi connectivity index (χ1) is 8.97. The lowest BCUT2D eigenvalue weighted by molar-refractivity contribution is -0.146. The number of amides is 1. The standard InChI is InChI=1S/C12H19N3O4/c1-5-6-15(7-16)10(12(17)18)9-8(2)13-14(3)11(9)19-4/h7,10H,5-6H2,1-4H3,(H,17,18). The number of hydrogen-bond acceptors (Lipinski definition) is 4. The number of methoxy groups -OCH3 is 1. The molecule has 1 amide bonds. The van der Waals surface area contributed by atoms with Crippen LogP contribution in [0.1, 0.15) is 30.6 Å². The molecule has 0 aliphatic heterocycles. The van der Waals surface area contributed by atoms with Gasteiger partial charge in [-0.15, -0.1) is 0 Å². The second-order valence-corrected chi connectivity index (χ2v) is 4.22. The minimum atomic E-state index is -1.10. The van der Waals surface area contributed by atoms with Gasteiger partial charge < -0.3 is 14.7 Å². The summed E-state index contributed by atoms with van der Waals surface area (Å²) in [4.78, 5) is 23.9. The molecule has 0 aliphatic rings. The fourth-order valence-corrected chi connectivity index (χ4v) is 2.14. The van der Waals surface area contributed by atoms with E-state index in [0.29, 0.717) is 36.5 Å². The highest BCUT2D eigenvalue weighted by Crippen LogP contribution is 2.31. The second kappa shape index (κ2) is 6.21. The molecular formula is C12H19N3O4. The summed E-state index contributed by atoms with van der Waals surface area (Å²) in [5.74, 6) is -0.747. The van der Waals surface area contributed by atoms with Crippen molar-refractivity contribution in [2.24, 2.45) is 7.05 Å². The summed E-state index contributed by atoms with van der Waals surface area (Å²) in [7, 11) is 3.11. The normalized spacial score (nSPS) is 12.0. The number of nitrogens with zero attached hydrogens (tertiary/aromatic N) is 3. The highest BCUT2D eigenvalue weighted by Gasteiger charge is 2.33. The molecule has 7 heteroatoms. The molecule has 0 aliphatic carbocycles. The Bertz CT molecular complexity index is 470. The zero-order chi connectivity index (χ0) is 14.6. The fourth-order valence-electron chi connectivity index (χ4n) is 2.14. The van der Waals surface area contributed by atoms with Gasteiger partial charge in [0.05, 0.1) is 18.4 Å². The Morgan fingerprint density at radius 1 is 1.63 bits per heavy atom. The number of carbonyl (C=O) groups excluding carboxylic acids is 1. The predicted octanol–water partition coefficient (Wildman–Crippen LogP) is 0.731. The van der Waals surface area contributed by atoms with Crippen molar-refractivity contribution in [3.63, 3.8) is 0 Å². The summed E-state index contributed by atoms with van der Waals surface area (Å²) in [6.07, 6.45) is 1.22. The molecule has 0 saturated heterocycles. The zero-order valence-corrected chi connectivity index (χ0v) is 11.6. The second-order valence-electron chi connectivity index (χ2n) is 4.22. The lowest BCUT2D eigenvalue weighted by Crippen LogP contribution is -2.34. The Balaban J connectivity index is 3.34. The third-order valence-corrected chi connectivity index (χ3v) is 2.86. The molecule has 1 aromatic heterocycles. The van der Waals surface area contributed by atoms with Crippen molar-refractivity contribution in [1.82, 2.24) is 14.7 Å². The van der Waals surface area contributed by atoms with E-state index in [4.69, 9.17) is 4.74 Å². The van der Waals surface area contributed by atoms with Gasteiger partial charge in [-0.3, -0.25) is 4.79 Å². The minimum absolute atomic E-state index is 0.354. The summed E-state index contributed by atoms with van der Waals surface area (Å²) < 4.78 is 6.66. The monoisotopic (exact) mass is 269 g/mol. The summed E-state index contributed by atoms with van der Waals surface area (Å²) in [6.45, 7) is 3.93. The molecule has 0 radical (unpaired) electrons. The molecule has 19 heavy (non-hydrogen) atoms. The van der Waals surface area contributed by atoms with Gasteiger partial charge in [-0.2, -0.15) is 5.10 Å². The zero-order valence-electron chi connectivity index (χ0n) is 11.6. The summed E-state index contributed by atoms with van der Waals surface area (Å²) in [5.41, 5.74) is 0.952. The van der Waals surface area contributed by atoms with Crippen LogP contribution >= 0.6 is 0 Å². The summed E-state index contributed by atoms with van der Waals surface area (Å²) in [5, 5.41) is 13.6. The van der Waals surface area contributed by atoms with Crippen LogP contribution in [0.2, 0.25) is 0 Å². The van der Waals surface area contributed by atoms with Gasteiger partial charge in [0.2, 0.25) is 12.3 Å². The number of carbonyl (C=O) groups is 2. The van der Waals surface area contributed by atoms with Crippen molar-refractivity contribution < 1.29 is 19.4 Å². The van der Waals surface area contributed by atoms with Crippen molar-refractivity contribution >= 4 is 12.4 Å². The maximum absolute atomic E-state index is 11.5. The van der Waals surface area contributed by atoms with E-state index >= 15 is 0 Å². The van der Waals surface area contributed by atoms with E-state index in [9.17, 15) is 14.7 Å². The van der Waals surface area contributed by atoms with Crippen molar-refractivity contribution in [3.8, 4) is 5.88 Å². The average molecular weight is 269 g/mol. The number of hydrogen-bond donors (Lipinski definition) is 1. The van der Waals surface area contributed by atoms with E-state index in [0.717, 1.165) is 0 Å². The van der Waals surface area contributed by atoms with E-state index in [2.05, 4.69) is 5.10 Å². The number of aromatic nitrogens is 2. The Morgan fingerprint density at radius 3 is 2.68 bits per heavy atom. The Hall–Kier alpha value is -2.05. The van der Waals surface area contributed by atoms with Gasteiger partial charge in [0.1, 0.15) is 0 Å². The van der Waals surface area contributed by atoms with Crippen LogP contribution in [-0.2, 0) is 16.6 Å². The van der Waals surface area contributed by atoms with E-state index in [1.807, 2.05) is 6.92 Å². The van der Waals surface area contributed by atoms with Crippen molar-refractivity contribution in [1.29, 1.82) is 0 Å². The van der Waals surface area contributed by atoms with E-state index in [1.54, 1.807) is 14.0 Å². The van der Waals surface area contributed by atoms with Gasteiger partial charge in [-0.25, -0.2) is 9.48 Å². The molecule has 1 atom stereocenters. The first-order valence-electron chi connectivity index (χ1n) is 5.99. The topological polar surface area (TPSA) is 84.7 Å². The molecule has 1 heterocycles. The summed E-state index contributed by atoms with van der Waals surface area (Å²) >= 11 is 0. The number of carboxylic acids is 1. The summed E-state index contributed by atoms with van der Waals surface area (Å²) in [6, 6.07) is -1.08. The lowest BCUT2D eigenvalue weighted by Gasteiger charge is -2.24. The number of aryl methyl sites for hydroxylation is 2. The Morgan fingerprint density at radius 2 is 2.26 bits per heavy atom. The van der Waals surface area contributed by atoms with E-state index in [1.165, 1.54) is 16.7 Å². The van der Waals surface area contributed by atoms with Crippen LogP contribution in [0.5, 0.6) is 5.88 Å². The van der Waals surface area contributed by atoms with Crippen molar-refractivity contribution in [2.45, 2.75) is 26.3 Å². The molecule has 1 rings (SSSR count). The first-order valence-corrected chi connectivity index (χ1v) is 5.99. The molecule has 0 aromatic carbocycles. The molecule has 1 aromatic rings. The molecule has 106 valence electrons. The van der Waals surface area contributed by atoms with Gasteiger partial charge in [0.15, 0.2) is 6.04 Å². The van der Waals surface area contributed by atoms with E-state index in [-0.39, 0.29) is 0 Å². The van der Waals surface area contributed by atoms with Crippen LogP contribution in [0.25, 0.3) is 0 Å². The minimum Gasteiger partial charge on any atom is -0.481 e. The molecule has 0 fully saturated rings. The Kier molecular flexibility index (Phi) is 4.91. The SMILES string of the molecule is CCCN(C=O)C(C(=O)O)c1c(C)nn(C)c1OC. The molecule has 0 spiro atoms. The highest BCUT2D eigenvalue weighted by molar-refractivity contribution is 5.79. The molecule has 1 unspecified atom stereocenters. The highest BCUT2D eigenvalue weighted by atomic mass is 16.5. The molecule has 0 saturated carbocycles. The van der Waals surface area contributed by atoms with E-state index < -0.39 is 12.0 Å². The van der Waals surface area contributed by atoms with Crippen LogP contribution in [-0.4, -0.2) is 45.8 Å². The van der Waals surface area contributed by atoms with Crippen LogP contribution < -0.4 is 4.74 Å². The quantitative estimate of drug-likeness (QED) is 0.738. The third-order valence-electron chi connectivity index (χ3n) is 2.86. The number of ether oxygens (including phenoxy) is 1. The van der Waals surface area contributed by atoms with Crippen LogP contribution in [0.3, 0.4) is 0 Å². The Labute approximate surface area is 111 Å². The first kappa shape index (κ1) is 15.0. The van der Waals surface area contributed by atoms with Gasteiger partial charge in [0.25, 0.3) is 0 Å². The number of aliphatic carboxylic acids is 1. The maximum Gasteiger partial charge on any atom is 0.331 e. The maximum atomic E-state index is 11.5. The van der Waals surface area contributed by atoms with Crippen molar-refractivity contribution in [2.75, 3.05) is 13.7 Å². The molecule has 0 bridgehead atoms. The van der Waals surface area contributed by atoms with Gasteiger partial charge in [-0.05, 0) is 13.3 Å². The number of rotatable bonds is 7. The van der Waals surface area contributed by atoms with Gasteiger partial charge >= 0.3 is 5.97 Å². The smallest absolute Gasteiger partial charge is 0.331 e. The van der Waals surface area contributed by atoms with Gasteiger partial charge in [0, 0.05) is 13.6 Å². The van der Waals surface area contributed by atoms with Crippen LogP contribution in [0.15, 0.2) is 0 Å². The number of carboxylic acid groups (broad SMARTS) is 1. The fraction of sp³-hybridized carbons (Fsp3) is 0.583. The van der Waals surface area contributed by atoms with Gasteiger partial charge in [-0.1, -0.05) is 6.92 Å². The largest absolute Gasteiger partial charge is 0.481 e.